The highest BCUT2D eigenvalue weighted by atomic mass is 16.7. The number of hydroxylamine groups is 1. The lowest BCUT2D eigenvalue weighted by molar-refractivity contribution is -0.152. The summed E-state index contributed by atoms with van der Waals surface area (Å²) in [5.74, 6) is -1.18. The first kappa shape index (κ1) is 18.2. The van der Waals surface area contributed by atoms with Crippen molar-refractivity contribution in [3.63, 3.8) is 0 Å². The van der Waals surface area contributed by atoms with Crippen LogP contribution < -0.4 is 11.2 Å². The van der Waals surface area contributed by atoms with E-state index in [1.54, 1.807) is 20.8 Å². The van der Waals surface area contributed by atoms with Gasteiger partial charge in [0, 0.05) is 6.42 Å². The molecule has 8 heteroatoms. The van der Waals surface area contributed by atoms with Gasteiger partial charge in [-0.25, -0.2) is 9.59 Å². The van der Waals surface area contributed by atoms with E-state index in [-0.39, 0.29) is 18.8 Å². The Morgan fingerprint density at radius 1 is 1.25 bits per heavy atom. The van der Waals surface area contributed by atoms with E-state index in [1.165, 1.54) is 7.11 Å². The summed E-state index contributed by atoms with van der Waals surface area (Å²) >= 11 is 0. The van der Waals surface area contributed by atoms with Crippen molar-refractivity contribution in [2.75, 3.05) is 7.11 Å². The molecular weight excluding hydrogens is 268 g/mol. The second-order valence-electron chi connectivity index (χ2n) is 5.10. The number of hydrogen-bond acceptors (Lipinski definition) is 7. The average molecular weight is 290 g/mol. The number of esters is 1. The van der Waals surface area contributed by atoms with Crippen molar-refractivity contribution < 1.29 is 28.7 Å². The minimum absolute atomic E-state index is 0.164. The highest BCUT2D eigenvalue weighted by Gasteiger charge is 2.20. The van der Waals surface area contributed by atoms with Crippen LogP contribution in [-0.2, 0) is 23.9 Å². The largest absolute Gasteiger partial charge is 0.469 e. The maximum atomic E-state index is 11.4. The lowest BCUT2D eigenvalue weighted by Crippen LogP contribution is -2.39. The summed E-state index contributed by atoms with van der Waals surface area (Å²) in [6.45, 7) is 5.02. The number of nitrogens with two attached hydrogens (primary N) is 1. The zero-order valence-corrected chi connectivity index (χ0v) is 12.2. The van der Waals surface area contributed by atoms with Crippen LogP contribution in [0.2, 0.25) is 0 Å². The van der Waals surface area contributed by atoms with Crippen molar-refractivity contribution in [1.82, 2.24) is 5.48 Å². The summed E-state index contributed by atoms with van der Waals surface area (Å²) in [5, 5.41) is 0. The summed E-state index contributed by atoms with van der Waals surface area (Å²) < 4.78 is 9.31. The fraction of sp³-hybridized carbons (Fsp3) is 0.750. The summed E-state index contributed by atoms with van der Waals surface area (Å²) in [5.41, 5.74) is 6.69. The number of hydrogen-bond donors (Lipinski definition) is 2. The molecule has 0 fully saturated rings. The van der Waals surface area contributed by atoms with Crippen LogP contribution in [0.5, 0.6) is 0 Å². The lowest BCUT2D eigenvalue weighted by Gasteiger charge is -2.19. The van der Waals surface area contributed by atoms with Crippen molar-refractivity contribution >= 4 is 18.0 Å². The van der Waals surface area contributed by atoms with E-state index in [4.69, 9.17) is 10.5 Å². The predicted molar refractivity (Wildman–Crippen MR) is 69.3 cm³/mol. The quantitative estimate of drug-likeness (QED) is 0.433. The van der Waals surface area contributed by atoms with Gasteiger partial charge in [-0.05, 0) is 33.6 Å². The molecule has 0 saturated heterocycles. The molecule has 0 saturated carbocycles. The van der Waals surface area contributed by atoms with Crippen LogP contribution in [0.1, 0.15) is 40.0 Å². The molecular formula is C12H22N2O6. The zero-order valence-electron chi connectivity index (χ0n) is 12.2. The molecule has 20 heavy (non-hydrogen) atoms. The Balaban J connectivity index is 3.91. The highest BCUT2D eigenvalue weighted by Crippen LogP contribution is 2.06. The second-order valence-corrected chi connectivity index (χ2v) is 5.10. The predicted octanol–water partition coefficient (Wildman–Crippen LogP) is 0.640. The van der Waals surface area contributed by atoms with Crippen molar-refractivity contribution in [1.29, 1.82) is 0 Å². The first-order valence-corrected chi connectivity index (χ1v) is 6.18. The molecule has 0 unspecified atom stereocenters. The normalized spacial score (nSPS) is 12.2. The van der Waals surface area contributed by atoms with E-state index in [2.05, 4.69) is 9.57 Å². The molecule has 0 aliphatic carbocycles. The molecule has 0 radical (unpaired) electrons. The Morgan fingerprint density at radius 2 is 1.85 bits per heavy atom. The van der Waals surface area contributed by atoms with Gasteiger partial charge in [-0.3, -0.25) is 4.79 Å². The van der Waals surface area contributed by atoms with Crippen molar-refractivity contribution in [2.24, 2.45) is 5.73 Å². The smallest absolute Gasteiger partial charge is 0.441 e. The number of carbonyl (C=O) groups is 3. The monoisotopic (exact) mass is 290 g/mol. The molecule has 3 N–H and O–H groups in total. The van der Waals surface area contributed by atoms with Gasteiger partial charge in [-0.2, -0.15) is 0 Å². The standard InChI is InChI=1S/C12H22N2O6/c1-12(2,3)19-11(17)14-20-10(16)8(13)6-5-7-9(15)18-4/h8H,5-7,13H2,1-4H3,(H,14,17)/t8-/m0/s1. The van der Waals surface area contributed by atoms with Crippen LogP contribution in [0.25, 0.3) is 0 Å². The third-order valence-electron chi connectivity index (χ3n) is 2.06. The fourth-order valence-electron chi connectivity index (χ4n) is 1.15. The Kier molecular flexibility index (Phi) is 7.60. The minimum atomic E-state index is -0.936. The van der Waals surface area contributed by atoms with Crippen LogP contribution in [0.15, 0.2) is 0 Å². The van der Waals surface area contributed by atoms with Gasteiger partial charge in [0.15, 0.2) is 0 Å². The molecule has 0 aromatic heterocycles. The number of carbonyl (C=O) groups excluding carboxylic acids is 3. The molecule has 0 heterocycles. The van der Waals surface area contributed by atoms with Crippen molar-refractivity contribution in [3.8, 4) is 0 Å². The van der Waals surface area contributed by atoms with Crippen LogP contribution in [0, 0.1) is 0 Å². The molecule has 0 spiro atoms. The van der Waals surface area contributed by atoms with Crippen LogP contribution in [0.3, 0.4) is 0 Å². The third-order valence-corrected chi connectivity index (χ3v) is 2.06. The van der Waals surface area contributed by atoms with Crippen LogP contribution >= 0.6 is 0 Å². The third kappa shape index (κ3) is 9.15. The van der Waals surface area contributed by atoms with Gasteiger partial charge < -0.3 is 20.0 Å². The van der Waals surface area contributed by atoms with Crippen LogP contribution in [-0.4, -0.2) is 36.8 Å². The topological polar surface area (TPSA) is 117 Å². The van der Waals surface area contributed by atoms with E-state index in [9.17, 15) is 14.4 Å². The molecule has 0 aliphatic rings. The minimum Gasteiger partial charge on any atom is -0.469 e. The Bertz CT molecular complexity index is 350. The summed E-state index contributed by atoms with van der Waals surface area (Å²) in [6.07, 6.45) is -0.0939. The Hall–Kier alpha value is -1.83. The van der Waals surface area contributed by atoms with E-state index in [0.717, 1.165) is 0 Å². The van der Waals surface area contributed by atoms with Crippen molar-refractivity contribution in [3.05, 3.63) is 0 Å². The summed E-state index contributed by atoms with van der Waals surface area (Å²) in [6, 6.07) is -0.936. The van der Waals surface area contributed by atoms with Gasteiger partial charge in [-0.15, -0.1) is 5.48 Å². The molecule has 1 atom stereocenters. The van der Waals surface area contributed by atoms with Gasteiger partial charge in [0.2, 0.25) is 0 Å². The molecule has 8 nitrogen and oxygen atoms in total. The SMILES string of the molecule is COC(=O)CCC[C@H](N)C(=O)ONC(=O)OC(C)(C)C. The summed E-state index contributed by atoms with van der Waals surface area (Å²) in [4.78, 5) is 38.0. The molecule has 0 bridgehead atoms. The van der Waals surface area contributed by atoms with Crippen molar-refractivity contribution in [2.45, 2.75) is 51.7 Å². The number of rotatable bonds is 5. The van der Waals surface area contributed by atoms with E-state index in [1.807, 2.05) is 5.48 Å². The fourth-order valence-corrected chi connectivity index (χ4v) is 1.15. The molecule has 0 aromatic carbocycles. The number of amides is 1. The number of methoxy groups -OCH3 is 1. The van der Waals surface area contributed by atoms with E-state index < -0.39 is 23.7 Å². The zero-order chi connectivity index (χ0) is 15.8. The molecule has 0 rings (SSSR count). The number of nitrogens with one attached hydrogen (secondary N) is 1. The second kappa shape index (κ2) is 8.36. The number of ether oxygens (including phenoxy) is 2. The van der Waals surface area contributed by atoms with Gasteiger partial charge >= 0.3 is 18.0 Å². The summed E-state index contributed by atoms with van der Waals surface area (Å²) in [7, 11) is 1.28. The van der Waals surface area contributed by atoms with Gasteiger partial charge in [-0.1, -0.05) is 0 Å². The average Bonchev–Trinajstić information content (AvgIpc) is 2.33. The molecule has 0 aromatic rings. The molecule has 1 amide bonds. The lowest BCUT2D eigenvalue weighted by atomic mass is 10.1. The molecule has 116 valence electrons. The van der Waals surface area contributed by atoms with Crippen LogP contribution in [0.4, 0.5) is 4.79 Å². The highest BCUT2D eigenvalue weighted by molar-refractivity contribution is 5.77. The van der Waals surface area contributed by atoms with E-state index in [0.29, 0.717) is 6.42 Å². The maximum Gasteiger partial charge on any atom is 0.441 e. The first-order valence-electron chi connectivity index (χ1n) is 6.18. The molecule has 0 aliphatic heterocycles. The van der Waals surface area contributed by atoms with Gasteiger partial charge in [0.1, 0.15) is 11.6 Å². The van der Waals surface area contributed by atoms with Gasteiger partial charge in [0.25, 0.3) is 0 Å². The Labute approximate surface area is 117 Å². The van der Waals surface area contributed by atoms with Gasteiger partial charge in [0.05, 0.1) is 7.11 Å². The Morgan fingerprint density at radius 3 is 2.35 bits per heavy atom. The maximum absolute atomic E-state index is 11.4. The van der Waals surface area contributed by atoms with E-state index >= 15 is 0 Å². The first-order chi connectivity index (χ1) is 9.15.